The van der Waals surface area contributed by atoms with Crippen molar-refractivity contribution in [2.75, 3.05) is 5.73 Å². The van der Waals surface area contributed by atoms with E-state index in [-0.39, 0.29) is 16.4 Å². The molecule has 4 nitrogen and oxygen atoms in total. The van der Waals surface area contributed by atoms with Crippen LogP contribution in [-0.2, 0) is 6.54 Å². The molecule has 0 saturated heterocycles. The van der Waals surface area contributed by atoms with E-state index in [1.54, 1.807) is 4.57 Å². The van der Waals surface area contributed by atoms with Crippen LogP contribution < -0.4 is 11.3 Å². The monoisotopic (exact) mass is 313 g/mol. The van der Waals surface area contributed by atoms with Gasteiger partial charge in [0.2, 0.25) is 0 Å². The first-order chi connectivity index (χ1) is 10.2. The number of nitrogens with zero attached hydrogens (tertiary/aromatic N) is 2. The van der Waals surface area contributed by atoms with Gasteiger partial charge in [-0.3, -0.25) is 9.36 Å². The van der Waals surface area contributed by atoms with Crippen molar-refractivity contribution in [3.63, 3.8) is 0 Å². The Balaban J connectivity index is 2.07. The van der Waals surface area contributed by atoms with E-state index in [4.69, 9.17) is 17.3 Å². The first-order valence-electron chi connectivity index (χ1n) is 8.17. The Hall–Kier alpha value is -1.03. The molecule has 1 aromatic rings. The Kier molecular flexibility index (Phi) is 9.15. The van der Waals surface area contributed by atoms with Gasteiger partial charge in [0.05, 0.1) is 6.33 Å². The van der Waals surface area contributed by atoms with E-state index in [0.29, 0.717) is 6.54 Å². The van der Waals surface area contributed by atoms with Crippen molar-refractivity contribution >= 4 is 17.3 Å². The average molecular weight is 314 g/mol. The van der Waals surface area contributed by atoms with Crippen molar-refractivity contribution in [2.24, 2.45) is 0 Å². The molecule has 0 bridgehead atoms. The molecule has 120 valence electrons. The third kappa shape index (κ3) is 6.98. The number of hydrogen-bond acceptors (Lipinski definition) is 3. The van der Waals surface area contributed by atoms with Crippen LogP contribution in [-0.4, -0.2) is 9.55 Å². The quantitative estimate of drug-likeness (QED) is 0.486. The Morgan fingerprint density at radius 2 is 1.57 bits per heavy atom. The molecule has 0 aromatic carbocycles. The van der Waals surface area contributed by atoms with Gasteiger partial charge in [-0.25, -0.2) is 4.98 Å². The molecule has 0 spiro atoms. The van der Waals surface area contributed by atoms with Gasteiger partial charge in [0.25, 0.3) is 5.56 Å². The van der Waals surface area contributed by atoms with Crippen LogP contribution in [0.3, 0.4) is 0 Å². The summed E-state index contributed by atoms with van der Waals surface area (Å²) in [5, 5.41) is 0.0966. The second kappa shape index (κ2) is 10.7. The molecule has 5 heteroatoms. The highest BCUT2D eigenvalue weighted by atomic mass is 35.5. The molecular formula is C16H28ClN3O. The highest BCUT2D eigenvalue weighted by Gasteiger charge is 2.05. The molecule has 0 aliphatic rings. The minimum absolute atomic E-state index is 0.0474. The van der Waals surface area contributed by atoms with Crippen LogP contribution in [0.2, 0.25) is 5.15 Å². The fraction of sp³-hybridized carbons (Fsp3) is 0.750. The largest absolute Gasteiger partial charge is 0.392 e. The fourth-order valence-electron chi connectivity index (χ4n) is 2.41. The van der Waals surface area contributed by atoms with Gasteiger partial charge in [0.1, 0.15) is 5.69 Å². The molecule has 0 aliphatic carbocycles. The number of rotatable bonds is 11. The summed E-state index contributed by atoms with van der Waals surface area (Å²) in [6, 6.07) is 0. The molecule has 0 radical (unpaired) electrons. The van der Waals surface area contributed by atoms with Crippen LogP contribution in [0.15, 0.2) is 11.1 Å². The van der Waals surface area contributed by atoms with Crippen LogP contribution >= 0.6 is 11.6 Å². The number of hydrogen-bond donors (Lipinski definition) is 1. The Labute approximate surface area is 132 Å². The Morgan fingerprint density at radius 1 is 1.05 bits per heavy atom. The van der Waals surface area contributed by atoms with Crippen LogP contribution in [0, 0.1) is 0 Å². The molecule has 21 heavy (non-hydrogen) atoms. The lowest BCUT2D eigenvalue weighted by atomic mass is 10.1. The highest BCUT2D eigenvalue weighted by Crippen LogP contribution is 2.11. The molecular weight excluding hydrogens is 286 g/mol. The number of aryl methyl sites for hydroxylation is 1. The number of nitrogens with two attached hydrogens (primary N) is 1. The number of nitrogen functional groups attached to an aromatic ring is 1. The van der Waals surface area contributed by atoms with Gasteiger partial charge in [-0.15, -0.1) is 0 Å². The number of halogens is 1. The van der Waals surface area contributed by atoms with Gasteiger partial charge in [-0.05, 0) is 6.42 Å². The maximum Gasteiger partial charge on any atom is 0.278 e. The van der Waals surface area contributed by atoms with E-state index in [0.717, 1.165) is 12.8 Å². The molecule has 0 saturated carbocycles. The lowest BCUT2D eigenvalue weighted by Crippen LogP contribution is -2.23. The summed E-state index contributed by atoms with van der Waals surface area (Å²) in [6.45, 7) is 2.92. The molecule has 0 aliphatic heterocycles. The van der Waals surface area contributed by atoms with E-state index in [1.807, 2.05) is 0 Å². The summed E-state index contributed by atoms with van der Waals surface area (Å²) in [6.07, 6.45) is 14.3. The van der Waals surface area contributed by atoms with Crippen LogP contribution in [0.1, 0.15) is 71.1 Å². The first-order valence-corrected chi connectivity index (χ1v) is 8.55. The average Bonchev–Trinajstić information content (AvgIpc) is 2.49. The number of anilines is 1. The van der Waals surface area contributed by atoms with Gasteiger partial charge in [0, 0.05) is 6.54 Å². The zero-order chi connectivity index (χ0) is 15.5. The predicted molar refractivity (Wildman–Crippen MR) is 89.8 cm³/mol. The maximum absolute atomic E-state index is 11.8. The third-order valence-electron chi connectivity index (χ3n) is 3.78. The lowest BCUT2D eigenvalue weighted by molar-refractivity contribution is 0.528. The molecule has 1 aromatic heterocycles. The van der Waals surface area contributed by atoms with Crippen molar-refractivity contribution in [3.05, 3.63) is 21.8 Å². The highest BCUT2D eigenvalue weighted by molar-refractivity contribution is 6.31. The fourth-order valence-corrected chi connectivity index (χ4v) is 2.54. The summed E-state index contributed by atoms with van der Waals surface area (Å²) in [4.78, 5) is 15.7. The summed E-state index contributed by atoms with van der Waals surface area (Å²) in [5.41, 5.74) is 5.39. The Bertz CT molecular complexity index is 459. The zero-order valence-electron chi connectivity index (χ0n) is 13.1. The summed E-state index contributed by atoms with van der Waals surface area (Å²) in [7, 11) is 0. The zero-order valence-corrected chi connectivity index (χ0v) is 13.9. The molecule has 0 amide bonds. The van der Waals surface area contributed by atoms with Crippen molar-refractivity contribution in [1.29, 1.82) is 0 Å². The lowest BCUT2D eigenvalue weighted by Gasteiger charge is -2.06. The molecule has 0 atom stereocenters. The van der Waals surface area contributed by atoms with Gasteiger partial charge < -0.3 is 5.73 Å². The second-order valence-corrected chi connectivity index (χ2v) is 5.99. The smallest absolute Gasteiger partial charge is 0.278 e. The number of aromatic nitrogens is 2. The van der Waals surface area contributed by atoms with E-state index in [2.05, 4.69) is 11.9 Å². The van der Waals surface area contributed by atoms with Crippen LogP contribution in [0.25, 0.3) is 0 Å². The van der Waals surface area contributed by atoms with E-state index in [1.165, 1.54) is 57.7 Å². The van der Waals surface area contributed by atoms with Crippen molar-refractivity contribution < 1.29 is 0 Å². The summed E-state index contributed by atoms with van der Waals surface area (Å²) < 4.78 is 1.55. The first kappa shape index (κ1) is 18.0. The topological polar surface area (TPSA) is 60.9 Å². The predicted octanol–water partition coefficient (Wildman–Crippen LogP) is 4.40. The van der Waals surface area contributed by atoms with Crippen LogP contribution in [0.4, 0.5) is 5.69 Å². The standard InChI is InChI=1S/C16H28ClN3O/c1-2-3-4-5-6-7-8-9-10-11-12-20-13-19-15(17)14(18)16(20)21/h13H,2-12,18H2,1H3. The van der Waals surface area contributed by atoms with Gasteiger partial charge in [-0.1, -0.05) is 76.3 Å². The van der Waals surface area contributed by atoms with E-state index >= 15 is 0 Å². The van der Waals surface area contributed by atoms with Crippen molar-refractivity contribution in [1.82, 2.24) is 9.55 Å². The molecule has 0 unspecified atom stereocenters. The van der Waals surface area contributed by atoms with Crippen LogP contribution in [0.5, 0.6) is 0 Å². The molecule has 2 N–H and O–H groups in total. The second-order valence-electron chi connectivity index (χ2n) is 5.63. The summed E-state index contributed by atoms with van der Waals surface area (Å²) in [5.74, 6) is 0. The number of unbranched alkanes of at least 4 members (excludes halogenated alkanes) is 9. The van der Waals surface area contributed by atoms with Gasteiger partial charge >= 0.3 is 0 Å². The molecule has 1 rings (SSSR count). The van der Waals surface area contributed by atoms with E-state index in [9.17, 15) is 4.79 Å². The Morgan fingerprint density at radius 3 is 2.14 bits per heavy atom. The summed E-state index contributed by atoms with van der Waals surface area (Å²) >= 11 is 5.70. The minimum atomic E-state index is -0.231. The maximum atomic E-state index is 11.8. The minimum Gasteiger partial charge on any atom is -0.392 e. The SMILES string of the molecule is CCCCCCCCCCCCn1cnc(Cl)c(N)c1=O. The van der Waals surface area contributed by atoms with E-state index < -0.39 is 0 Å². The van der Waals surface area contributed by atoms with Gasteiger partial charge in [-0.2, -0.15) is 0 Å². The normalized spacial score (nSPS) is 11.0. The van der Waals surface area contributed by atoms with Crippen molar-refractivity contribution in [3.8, 4) is 0 Å². The van der Waals surface area contributed by atoms with Crippen molar-refractivity contribution in [2.45, 2.75) is 77.7 Å². The van der Waals surface area contributed by atoms with Gasteiger partial charge in [0.15, 0.2) is 5.15 Å². The molecule has 1 heterocycles. The molecule has 0 fully saturated rings. The third-order valence-corrected chi connectivity index (χ3v) is 4.08.